The number of hydrogen-bond donors (Lipinski definition) is 1. The van der Waals surface area contributed by atoms with Crippen molar-refractivity contribution in [3.63, 3.8) is 0 Å². The molecule has 4 aromatic carbocycles. The summed E-state index contributed by atoms with van der Waals surface area (Å²) in [4.78, 5) is 27.7. The summed E-state index contributed by atoms with van der Waals surface area (Å²) in [6.45, 7) is 8.96. The summed E-state index contributed by atoms with van der Waals surface area (Å²) >= 11 is 17.5. The molecular formula is C42H45Cl3N2O6. The maximum atomic E-state index is 12.4. The zero-order chi connectivity index (χ0) is 37.8. The van der Waals surface area contributed by atoms with Gasteiger partial charge in [-0.05, 0) is 70.5 Å². The zero-order valence-corrected chi connectivity index (χ0v) is 32.1. The van der Waals surface area contributed by atoms with Crippen LogP contribution >= 0.6 is 34.8 Å². The van der Waals surface area contributed by atoms with Crippen LogP contribution in [0.2, 0.25) is 5.02 Å². The Labute approximate surface area is 326 Å². The number of nitrogens with zero attached hydrogens (tertiary/aromatic N) is 2. The summed E-state index contributed by atoms with van der Waals surface area (Å²) < 4.78 is 16.6. The molecule has 53 heavy (non-hydrogen) atoms. The number of esters is 1. The second kappa shape index (κ2) is 19.4. The number of allylic oxidation sites excluding steroid dienone is 1. The van der Waals surface area contributed by atoms with E-state index in [9.17, 15) is 9.59 Å². The van der Waals surface area contributed by atoms with Gasteiger partial charge in [0.1, 0.15) is 29.2 Å². The topological polar surface area (TPSA) is 88.5 Å². The van der Waals surface area contributed by atoms with Gasteiger partial charge in [-0.1, -0.05) is 121 Å². The Balaban J connectivity index is 0.000000204. The molecule has 0 aromatic heterocycles. The van der Waals surface area contributed by atoms with Crippen LogP contribution in [0.25, 0.3) is 0 Å². The average Bonchev–Trinajstić information content (AvgIpc) is 3.69. The van der Waals surface area contributed by atoms with Crippen molar-refractivity contribution in [2.75, 3.05) is 45.9 Å². The second-order valence-corrected chi connectivity index (χ2v) is 15.1. The predicted molar refractivity (Wildman–Crippen MR) is 210 cm³/mol. The number of hydrogen-bond acceptors (Lipinski definition) is 7. The van der Waals surface area contributed by atoms with E-state index in [1.807, 2.05) is 86.6 Å². The smallest absolute Gasteiger partial charge is 0.329 e. The van der Waals surface area contributed by atoms with E-state index in [1.54, 1.807) is 6.08 Å². The highest BCUT2D eigenvalue weighted by atomic mass is 35.5. The van der Waals surface area contributed by atoms with Gasteiger partial charge < -0.3 is 19.3 Å². The molecule has 0 radical (unpaired) electrons. The van der Waals surface area contributed by atoms with Crippen LogP contribution in [0.4, 0.5) is 0 Å². The third-order valence-corrected chi connectivity index (χ3v) is 10.1. The van der Waals surface area contributed by atoms with Gasteiger partial charge in [0.25, 0.3) is 0 Å². The minimum absolute atomic E-state index is 0.00717. The molecule has 6 rings (SSSR count). The standard InChI is InChI=1S/C21H20Cl2O3.C21H25ClN2O3/c1-21(2)17(12-18(22)23)19(21)20(24)25-13-14-7-6-10-16(11-14)26-15-8-4-3-5-9-15;22-19-8-6-18(7-9-19)21(17-4-2-1-3-5-17)24-12-10-23(11-13-24)14-15-27-16-20(25)26/h3-12,17,19H,13H2,1-2H3;1-9,21H,10-16H2,(H,25,26). The van der Waals surface area contributed by atoms with E-state index >= 15 is 0 Å². The lowest BCUT2D eigenvalue weighted by Crippen LogP contribution is -2.48. The number of halogens is 3. The molecule has 0 bridgehead atoms. The molecule has 0 spiro atoms. The first kappa shape index (κ1) is 40.3. The van der Waals surface area contributed by atoms with E-state index < -0.39 is 5.97 Å². The minimum Gasteiger partial charge on any atom is -0.480 e. The normalized spacial score (nSPS) is 18.5. The number of carbonyl (C=O) groups excluding carboxylic acids is 1. The number of carboxylic acid groups (broad SMARTS) is 1. The van der Waals surface area contributed by atoms with Crippen molar-refractivity contribution in [2.24, 2.45) is 17.3 Å². The van der Waals surface area contributed by atoms with Gasteiger partial charge in [-0.2, -0.15) is 0 Å². The van der Waals surface area contributed by atoms with E-state index in [1.165, 1.54) is 11.1 Å². The molecular weight excluding hydrogens is 735 g/mol. The van der Waals surface area contributed by atoms with Crippen molar-refractivity contribution >= 4 is 46.7 Å². The first-order valence-corrected chi connectivity index (χ1v) is 18.7. The van der Waals surface area contributed by atoms with E-state index in [2.05, 4.69) is 46.2 Å². The van der Waals surface area contributed by atoms with Crippen LogP contribution in [0, 0.1) is 17.3 Å². The van der Waals surface area contributed by atoms with Gasteiger partial charge >= 0.3 is 11.9 Å². The van der Waals surface area contributed by atoms with Crippen LogP contribution in [0.15, 0.2) is 120 Å². The molecule has 280 valence electrons. The summed E-state index contributed by atoms with van der Waals surface area (Å²) in [5, 5.41) is 9.37. The van der Waals surface area contributed by atoms with E-state index in [4.69, 9.17) is 54.1 Å². The van der Waals surface area contributed by atoms with Gasteiger partial charge in [0.2, 0.25) is 0 Å². The van der Waals surface area contributed by atoms with Crippen molar-refractivity contribution in [3.8, 4) is 11.5 Å². The van der Waals surface area contributed by atoms with Crippen molar-refractivity contribution in [2.45, 2.75) is 26.5 Å². The van der Waals surface area contributed by atoms with Crippen LogP contribution in [-0.4, -0.2) is 72.8 Å². The Morgan fingerprint density at radius 2 is 1.47 bits per heavy atom. The first-order chi connectivity index (χ1) is 25.5. The lowest BCUT2D eigenvalue weighted by molar-refractivity contribution is -0.147. The number of carboxylic acids is 1. The number of benzene rings is 4. The molecule has 1 N–H and O–H groups in total. The van der Waals surface area contributed by atoms with Crippen LogP contribution in [0.3, 0.4) is 0 Å². The minimum atomic E-state index is -0.923. The molecule has 0 amide bonds. The molecule has 1 heterocycles. The Bertz CT molecular complexity index is 1790. The predicted octanol–water partition coefficient (Wildman–Crippen LogP) is 9.26. The van der Waals surface area contributed by atoms with Crippen LogP contribution in [0.5, 0.6) is 11.5 Å². The third kappa shape index (κ3) is 12.1. The number of ether oxygens (including phenoxy) is 3. The quantitative estimate of drug-likeness (QED) is 0.100. The molecule has 4 aromatic rings. The highest BCUT2D eigenvalue weighted by Crippen LogP contribution is 2.60. The second-order valence-electron chi connectivity index (χ2n) is 13.6. The number of piperazine rings is 1. The first-order valence-electron chi connectivity index (χ1n) is 17.6. The average molecular weight is 780 g/mol. The van der Waals surface area contributed by atoms with E-state index in [0.717, 1.165) is 49.1 Å². The molecule has 3 unspecified atom stereocenters. The molecule has 1 aliphatic carbocycles. The summed E-state index contributed by atoms with van der Waals surface area (Å²) in [6, 6.07) is 35.9. The Morgan fingerprint density at radius 1 is 0.849 bits per heavy atom. The molecule has 8 nitrogen and oxygen atoms in total. The number of aliphatic carboxylic acids is 1. The summed E-state index contributed by atoms with van der Waals surface area (Å²) in [6.07, 6.45) is 1.71. The van der Waals surface area contributed by atoms with Crippen LogP contribution in [0.1, 0.15) is 36.6 Å². The highest BCUT2D eigenvalue weighted by Gasteiger charge is 2.61. The van der Waals surface area contributed by atoms with Gasteiger partial charge in [-0.15, -0.1) is 0 Å². The summed E-state index contributed by atoms with van der Waals surface area (Å²) in [5.74, 6) is 0.0837. The fourth-order valence-corrected chi connectivity index (χ4v) is 7.03. The zero-order valence-electron chi connectivity index (χ0n) is 29.9. The fraction of sp³-hybridized carbons (Fsp3) is 0.333. The number of para-hydroxylation sites is 1. The lowest BCUT2D eigenvalue weighted by Gasteiger charge is -2.39. The van der Waals surface area contributed by atoms with Crippen molar-refractivity contribution in [3.05, 3.63) is 141 Å². The molecule has 2 aliphatic rings. The van der Waals surface area contributed by atoms with Crippen molar-refractivity contribution in [1.29, 1.82) is 0 Å². The Morgan fingerprint density at radius 3 is 2.11 bits per heavy atom. The van der Waals surface area contributed by atoms with Gasteiger partial charge in [0.15, 0.2) is 0 Å². The van der Waals surface area contributed by atoms with Crippen molar-refractivity contribution in [1.82, 2.24) is 9.80 Å². The SMILES string of the molecule is CC1(C)C(C=C(Cl)Cl)C1C(=O)OCc1cccc(Oc2ccccc2)c1.O=C(O)COCCN1CCN(C(c2ccccc2)c2ccc(Cl)cc2)CC1. The fourth-order valence-electron chi connectivity index (χ4n) is 6.64. The molecule has 1 saturated heterocycles. The van der Waals surface area contributed by atoms with Crippen LogP contribution in [-0.2, 0) is 25.7 Å². The molecule has 3 atom stereocenters. The van der Waals surface area contributed by atoms with Gasteiger partial charge in [0.05, 0.1) is 18.6 Å². The molecule has 2 fully saturated rings. The Hall–Kier alpha value is -3.89. The summed E-state index contributed by atoms with van der Waals surface area (Å²) in [7, 11) is 0. The molecule has 11 heteroatoms. The highest BCUT2D eigenvalue weighted by molar-refractivity contribution is 6.55. The maximum absolute atomic E-state index is 12.4. The molecule has 1 aliphatic heterocycles. The summed E-state index contributed by atoms with van der Waals surface area (Å²) in [5.41, 5.74) is 3.19. The molecule has 1 saturated carbocycles. The number of carbonyl (C=O) groups is 2. The monoisotopic (exact) mass is 778 g/mol. The van der Waals surface area contributed by atoms with Crippen LogP contribution < -0.4 is 4.74 Å². The van der Waals surface area contributed by atoms with Gasteiger partial charge in [-0.3, -0.25) is 14.6 Å². The third-order valence-electron chi connectivity index (χ3n) is 9.58. The largest absolute Gasteiger partial charge is 0.480 e. The van der Waals surface area contributed by atoms with E-state index in [-0.39, 0.29) is 47.0 Å². The maximum Gasteiger partial charge on any atom is 0.329 e. The van der Waals surface area contributed by atoms with Gasteiger partial charge in [0, 0.05) is 37.7 Å². The Kier molecular flexibility index (Phi) is 14.8. The lowest BCUT2D eigenvalue weighted by atomic mass is 9.96. The van der Waals surface area contributed by atoms with E-state index in [0.29, 0.717) is 12.4 Å². The van der Waals surface area contributed by atoms with Crippen molar-refractivity contribution < 1.29 is 28.9 Å². The van der Waals surface area contributed by atoms with Gasteiger partial charge in [-0.25, -0.2) is 4.79 Å². The number of rotatable bonds is 14.